The second-order valence-electron chi connectivity index (χ2n) is 8.41. The Morgan fingerprint density at radius 1 is 1.19 bits per heavy atom. The maximum absolute atomic E-state index is 12.7. The molecule has 2 atom stereocenters. The number of ether oxygens (including phenoxy) is 2. The highest BCUT2D eigenvalue weighted by molar-refractivity contribution is 5.67. The number of fused-ring (bicyclic) bond motifs is 2. The Hall–Kier alpha value is -2.59. The fraction of sp³-hybridized carbons (Fsp3) is 0.571. The topological polar surface area (TPSA) is 89.6 Å². The van der Waals surface area contributed by atoms with Gasteiger partial charge >= 0.3 is 6.61 Å². The first kappa shape index (κ1) is 20.3. The van der Waals surface area contributed by atoms with E-state index in [1.807, 2.05) is 6.07 Å². The Bertz CT molecular complexity index is 957. The standard InChI is InChI=1S/C21H26F2N6O2/c1-30-5-4-28-10-15-7-14(28)11-29(15)18-8-16(26-20(27-18)12-2-3-12)13-6-17(31-21(22)23)19(24)25-9-13/h6,8-9,12,14-15,21H,2-5,7,10-11H2,1H3,(H2,24,25)/t14-,15-/m0/s1. The molecule has 166 valence electrons. The molecular weight excluding hydrogens is 406 g/mol. The molecule has 0 aromatic carbocycles. The number of nitrogens with zero attached hydrogens (tertiary/aromatic N) is 5. The number of likely N-dealkylation sites (tertiary alicyclic amines) is 1. The molecule has 2 bridgehead atoms. The summed E-state index contributed by atoms with van der Waals surface area (Å²) in [4.78, 5) is 18.4. The lowest BCUT2D eigenvalue weighted by Crippen LogP contribution is -2.47. The molecule has 31 heavy (non-hydrogen) atoms. The quantitative estimate of drug-likeness (QED) is 0.681. The van der Waals surface area contributed by atoms with Crippen molar-refractivity contribution in [2.45, 2.75) is 43.9 Å². The summed E-state index contributed by atoms with van der Waals surface area (Å²) in [7, 11) is 1.73. The van der Waals surface area contributed by atoms with E-state index in [9.17, 15) is 8.78 Å². The van der Waals surface area contributed by atoms with Crippen LogP contribution < -0.4 is 15.4 Å². The second kappa shape index (κ2) is 8.16. The largest absolute Gasteiger partial charge is 0.431 e. The number of anilines is 2. The summed E-state index contributed by atoms with van der Waals surface area (Å²) in [6.45, 7) is 0.609. The Balaban J connectivity index is 1.44. The Morgan fingerprint density at radius 3 is 2.71 bits per heavy atom. The number of nitrogen functional groups attached to an aromatic ring is 1. The number of halogens is 2. The predicted molar refractivity (Wildman–Crippen MR) is 111 cm³/mol. The lowest BCUT2D eigenvalue weighted by molar-refractivity contribution is -0.0494. The van der Waals surface area contributed by atoms with Gasteiger partial charge in [0.05, 0.1) is 12.3 Å². The number of rotatable bonds is 8. The molecule has 5 rings (SSSR count). The molecule has 3 fully saturated rings. The van der Waals surface area contributed by atoms with Crippen LogP contribution in [0, 0.1) is 0 Å². The molecule has 2 aromatic heterocycles. The molecule has 10 heteroatoms. The Labute approximate surface area is 179 Å². The number of hydrogen-bond donors (Lipinski definition) is 1. The van der Waals surface area contributed by atoms with Gasteiger partial charge in [-0.05, 0) is 25.3 Å². The highest BCUT2D eigenvalue weighted by atomic mass is 19.3. The van der Waals surface area contributed by atoms with Crippen LogP contribution in [0.3, 0.4) is 0 Å². The van der Waals surface area contributed by atoms with E-state index in [0.717, 1.165) is 57.1 Å². The van der Waals surface area contributed by atoms with Gasteiger partial charge < -0.3 is 20.1 Å². The van der Waals surface area contributed by atoms with Crippen LogP contribution in [0.25, 0.3) is 11.3 Å². The molecule has 0 radical (unpaired) electrons. The maximum atomic E-state index is 12.7. The first-order valence-corrected chi connectivity index (χ1v) is 10.6. The van der Waals surface area contributed by atoms with Crippen molar-refractivity contribution in [2.75, 3.05) is 44.0 Å². The minimum absolute atomic E-state index is 0.0752. The number of piperazine rings is 1. The molecule has 2 saturated heterocycles. The average molecular weight is 432 g/mol. The van der Waals surface area contributed by atoms with Gasteiger partial charge in [0, 0.05) is 62.6 Å². The fourth-order valence-corrected chi connectivity index (χ4v) is 4.57. The van der Waals surface area contributed by atoms with Gasteiger partial charge in [0.2, 0.25) is 0 Å². The highest BCUT2D eigenvalue weighted by Crippen LogP contribution is 2.41. The van der Waals surface area contributed by atoms with Crippen molar-refractivity contribution < 1.29 is 18.3 Å². The summed E-state index contributed by atoms with van der Waals surface area (Å²) in [5.41, 5.74) is 6.93. The molecule has 1 aliphatic carbocycles. The van der Waals surface area contributed by atoms with Gasteiger partial charge in [-0.1, -0.05) is 0 Å². The van der Waals surface area contributed by atoms with Gasteiger partial charge in [-0.15, -0.1) is 0 Å². The lowest BCUT2D eigenvalue weighted by atomic mass is 10.1. The van der Waals surface area contributed by atoms with Crippen LogP contribution >= 0.6 is 0 Å². The minimum atomic E-state index is -2.97. The van der Waals surface area contributed by atoms with Crippen molar-refractivity contribution in [3.8, 4) is 17.0 Å². The van der Waals surface area contributed by atoms with Gasteiger partial charge in [-0.2, -0.15) is 8.78 Å². The van der Waals surface area contributed by atoms with Gasteiger partial charge in [-0.25, -0.2) is 15.0 Å². The molecule has 2 aliphatic heterocycles. The monoisotopic (exact) mass is 432 g/mol. The molecule has 0 spiro atoms. The summed E-state index contributed by atoms with van der Waals surface area (Å²) < 4.78 is 35.2. The molecule has 2 aromatic rings. The predicted octanol–water partition coefficient (Wildman–Crippen LogP) is 2.51. The normalized spacial score (nSPS) is 23.2. The number of alkyl halides is 2. The van der Waals surface area contributed by atoms with Crippen molar-refractivity contribution in [1.82, 2.24) is 19.9 Å². The molecule has 4 heterocycles. The lowest BCUT2D eigenvalue weighted by Gasteiger charge is -2.35. The van der Waals surface area contributed by atoms with E-state index in [1.54, 1.807) is 13.3 Å². The summed E-state index contributed by atoms with van der Waals surface area (Å²) in [6.07, 6.45) is 4.79. The molecule has 0 amide bonds. The van der Waals surface area contributed by atoms with Crippen molar-refractivity contribution in [3.05, 3.63) is 24.2 Å². The van der Waals surface area contributed by atoms with E-state index >= 15 is 0 Å². The van der Waals surface area contributed by atoms with Crippen LogP contribution in [0.15, 0.2) is 18.3 Å². The van der Waals surface area contributed by atoms with Crippen LogP contribution in [-0.2, 0) is 4.74 Å². The average Bonchev–Trinajstić information content (AvgIpc) is 3.43. The highest BCUT2D eigenvalue weighted by Gasteiger charge is 2.43. The van der Waals surface area contributed by atoms with Gasteiger partial charge in [0.1, 0.15) is 11.6 Å². The van der Waals surface area contributed by atoms with Crippen LogP contribution in [0.2, 0.25) is 0 Å². The summed E-state index contributed by atoms with van der Waals surface area (Å²) in [5, 5.41) is 0. The van der Waals surface area contributed by atoms with Crippen molar-refractivity contribution in [2.24, 2.45) is 0 Å². The molecule has 0 unspecified atom stereocenters. The molecule has 1 saturated carbocycles. The third kappa shape index (κ3) is 4.14. The third-order valence-corrected chi connectivity index (χ3v) is 6.30. The summed E-state index contributed by atoms with van der Waals surface area (Å²) in [5.74, 6) is 1.83. The zero-order valence-electron chi connectivity index (χ0n) is 17.4. The zero-order valence-corrected chi connectivity index (χ0v) is 17.4. The second-order valence-corrected chi connectivity index (χ2v) is 8.41. The van der Waals surface area contributed by atoms with E-state index < -0.39 is 6.61 Å². The zero-order chi connectivity index (χ0) is 21.5. The molecular formula is C21H26F2N6O2. The van der Waals surface area contributed by atoms with E-state index in [2.05, 4.69) is 19.5 Å². The first-order chi connectivity index (χ1) is 15.0. The molecule has 8 nitrogen and oxygen atoms in total. The SMILES string of the molecule is COCCN1C[C@@H]2C[C@H]1CN2c1cc(-c2cnc(N)c(OC(F)F)c2)nc(C2CC2)n1. The van der Waals surface area contributed by atoms with Gasteiger partial charge in [0.25, 0.3) is 0 Å². The maximum Gasteiger partial charge on any atom is 0.387 e. The number of aromatic nitrogens is 3. The van der Waals surface area contributed by atoms with E-state index in [1.165, 1.54) is 6.07 Å². The van der Waals surface area contributed by atoms with Crippen molar-refractivity contribution in [3.63, 3.8) is 0 Å². The fourth-order valence-electron chi connectivity index (χ4n) is 4.57. The number of methoxy groups -OCH3 is 1. The summed E-state index contributed by atoms with van der Waals surface area (Å²) >= 11 is 0. The van der Waals surface area contributed by atoms with Crippen LogP contribution in [0.1, 0.15) is 31.0 Å². The van der Waals surface area contributed by atoms with E-state index in [4.69, 9.17) is 20.4 Å². The smallest absolute Gasteiger partial charge is 0.387 e. The minimum Gasteiger partial charge on any atom is -0.431 e. The number of nitrogens with two attached hydrogens (primary N) is 1. The molecule has 2 N–H and O–H groups in total. The van der Waals surface area contributed by atoms with Crippen LogP contribution in [-0.4, -0.2) is 71.9 Å². The Morgan fingerprint density at radius 2 is 2.03 bits per heavy atom. The third-order valence-electron chi connectivity index (χ3n) is 6.30. The first-order valence-electron chi connectivity index (χ1n) is 10.6. The van der Waals surface area contributed by atoms with Crippen molar-refractivity contribution >= 4 is 11.6 Å². The van der Waals surface area contributed by atoms with Crippen LogP contribution in [0.4, 0.5) is 20.4 Å². The van der Waals surface area contributed by atoms with Gasteiger partial charge in [0.15, 0.2) is 11.6 Å². The van der Waals surface area contributed by atoms with Gasteiger partial charge in [-0.3, -0.25) is 4.90 Å². The van der Waals surface area contributed by atoms with E-state index in [-0.39, 0.29) is 11.6 Å². The Kier molecular flexibility index (Phi) is 5.35. The van der Waals surface area contributed by atoms with Crippen molar-refractivity contribution in [1.29, 1.82) is 0 Å². The van der Waals surface area contributed by atoms with E-state index in [0.29, 0.717) is 29.3 Å². The van der Waals surface area contributed by atoms with Crippen LogP contribution in [0.5, 0.6) is 5.75 Å². The number of pyridine rings is 1. The molecule has 3 aliphatic rings. The summed E-state index contributed by atoms with van der Waals surface area (Å²) in [6, 6.07) is 4.29. The number of hydrogen-bond acceptors (Lipinski definition) is 8.